The molecule has 1 saturated heterocycles. The van der Waals surface area contributed by atoms with Crippen LogP contribution in [-0.4, -0.2) is 61.0 Å². The van der Waals surface area contributed by atoms with Crippen molar-refractivity contribution in [2.45, 2.75) is 39.3 Å². The number of likely N-dealkylation sites (tertiary alicyclic amines) is 1. The molecule has 1 aliphatic rings. The summed E-state index contributed by atoms with van der Waals surface area (Å²) < 4.78 is 6.09. The molecule has 0 spiro atoms. The molecule has 0 aliphatic carbocycles. The minimum Gasteiger partial charge on any atom is -0.490 e. The van der Waals surface area contributed by atoms with E-state index in [0.717, 1.165) is 61.9 Å². The largest absolute Gasteiger partial charge is 0.490 e. The Morgan fingerprint density at radius 2 is 1.71 bits per heavy atom. The smallest absolute Gasteiger partial charge is 0.253 e. The van der Waals surface area contributed by atoms with Gasteiger partial charge in [0.05, 0.1) is 0 Å². The molecule has 1 heterocycles. The van der Waals surface area contributed by atoms with Gasteiger partial charge < -0.3 is 19.9 Å². The highest BCUT2D eigenvalue weighted by molar-refractivity contribution is 5.94. The number of benzene rings is 2. The van der Waals surface area contributed by atoms with E-state index in [1.54, 1.807) is 0 Å². The fourth-order valence-corrected chi connectivity index (χ4v) is 3.85. The third kappa shape index (κ3) is 6.23. The van der Waals surface area contributed by atoms with E-state index < -0.39 is 0 Å². The van der Waals surface area contributed by atoms with Crippen LogP contribution in [0.15, 0.2) is 59.6 Å². The Bertz CT molecular complexity index is 840. The van der Waals surface area contributed by atoms with Gasteiger partial charge in [0.1, 0.15) is 11.9 Å². The second kappa shape index (κ2) is 11.4. The van der Waals surface area contributed by atoms with Crippen molar-refractivity contribution >= 4 is 11.9 Å². The molecule has 1 fully saturated rings. The molecule has 1 N–H and O–H groups in total. The first-order chi connectivity index (χ1) is 15.1. The van der Waals surface area contributed by atoms with Crippen LogP contribution in [0.3, 0.4) is 0 Å². The van der Waals surface area contributed by atoms with Crippen LogP contribution in [0.1, 0.15) is 42.6 Å². The normalized spacial score (nSPS) is 14.9. The molecule has 31 heavy (non-hydrogen) atoms. The fraction of sp³-hybridized carbons (Fsp3) is 0.440. The molecule has 2 aromatic rings. The van der Waals surface area contributed by atoms with Crippen LogP contribution in [0.25, 0.3) is 0 Å². The topological polar surface area (TPSA) is 57.2 Å². The molecule has 0 saturated carbocycles. The summed E-state index contributed by atoms with van der Waals surface area (Å²) in [6, 6.07) is 17.9. The minimum atomic E-state index is 0.0842. The van der Waals surface area contributed by atoms with E-state index in [9.17, 15) is 4.79 Å². The molecule has 0 radical (unpaired) electrons. The number of nitrogens with one attached hydrogen (secondary N) is 1. The highest BCUT2D eigenvalue weighted by Crippen LogP contribution is 2.18. The first-order valence-corrected chi connectivity index (χ1v) is 11.2. The quantitative estimate of drug-likeness (QED) is 0.545. The van der Waals surface area contributed by atoms with Crippen LogP contribution in [0.4, 0.5) is 0 Å². The van der Waals surface area contributed by atoms with E-state index in [1.807, 2.05) is 80.4 Å². The Hall–Kier alpha value is -3.02. The number of hydrogen-bond acceptors (Lipinski definition) is 3. The van der Waals surface area contributed by atoms with Crippen molar-refractivity contribution in [2.75, 3.05) is 33.2 Å². The number of piperidine rings is 1. The van der Waals surface area contributed by atoms with Gasteiger partial charge >= 0.3 is 0 Å². The van der Waals surface area contributed by atoms with Crippen molar-refractivity contribution in [2.24, 2.45) is 4.99 Å². The molecule has 0 unspecified atom stereocenters. The van der Waals surface area contributed by atoms with Crippen molar-refractivity contribution in [3.8, 4) is 5.75 Å². The van der Waals surface area contributed by atoms with Gasteiger partial charge in [-0.3, -0.25) is 9.79 Å². The number of ether oxygens (including phenoxy) is 1. The van der Waals surface area contributed by atoms with E-state index in [2.05, 4.69) is 15.2 Å². The zero-order valence-corrected chi connectivity index (χ0v) is 18.9. The molecule has 6 heteroatoms. The summed E-state index contributed by atoms with van der Waals surface area (Å²) in [4.78, 5) is 21.0. The Labute approximate surface area is 185 Å². The lowest BCUT2D eigenvalue weighted by Crippen LogP contribution is -2.47. The molecule has 6 nitrogen and oxygen atoms in total. The van der Waals surface area contributed by atoms with Gasteiger partial charge in [-0.2, -0.15) is 0 Å². The first-order valence-electron chi connectivity index (χ1n) is 11.2. The number of carbonyl (C=O) groups is 1. The molecule has 1 amide bonds. The maximum atomic E-state index is 12.5. The predicted molar refractivity (Wildman–Crippen MR) is 126 cm³/mol. The van der Waals surface area contributed by atoms with Gasteiger partial charge in [-0.1, -0.05) is 30.3 Å². The van der Waals surface area contributed by atoms with Crippen LogP contribution < -0.4 is 10.1 Å². The van der Waals surface area contributed by atoms with Crippen LogP contribution >= 0.6 is 0 Å². The Balaban J connectivity index is 1.48. The van der Waals surface area contributed by atoms with Gasteiger partial charge in [0.15, 0.2) is 5.96 Å². The second-order valence-electron chi connectivity index (χ2n) is 7.69. The summed E-state index contributed by atoms with van der Waals surface area (Å²) in [6.45, 7) is 7.95. The fourth-order valence-electron chi connectivity index (χ4n) is 3.85. The van der Waals surface area contributed by atoms with Gasteiger partial charge in [0.2, 0.25) is 0 Å². The number of aliphatic imine (C=N–C) groups is 1. The van der Waals surface area contributed by atoms with Crippen molar-refractivity contribution < 1.29 is 9.53 Å². The highest BCUT2D eigenvalue weighted by Gasteiger charge is 2.22. The second-order valence-corrected chi connectivity index (χ2v) is 7.69. The molecule has 0 atom stereocenters. The molecule has 2 aromatic carbocycles. The van der Waals surface area contributed by atoms with Crippen LogP contribution in [0, 0.1) is 0 Å². The van der Waals surface area contributed by atoms with Crippen molar-refractivity contribution in [3.05, 3.63) is 65.7 Å². The Kier molecular flexibility index (Phi) is 8.33. The Morgan fingerprint density at radius 3 is 2.29 bits per heavy atom. The summed E-state index contributed by atoms with van der Waals surface area (Å²) in [5.41, 5.74) is 1.86. The van der Waals surface area contributed by atoms with Crippen LogP contribution in [0.2, 0.25) is 0 Å². The van der Waals surface area contributed by atoms with Gasteiger partial charge in [-0.25, -0.2) is 0 Å². The number of rotatable bonds is 7. The SMILES string of the molecule is CCN(CC)C(=O)c1ccc(CNC(=NC)N2CCC(Oc3ccccc3)CC2)cc1. The molecule has 166 valence electrons. The first kappa shape index (κ1) is 22.7. The summed E-state index contributed by atoms with van der Waals surface area (Å²) in [5, 5.41) is 3.45. The van der Waals surface area contributed by atoms with Crippen LogP contribution in [0.5, 0.6) is 5.75 Å². The number of guanidine groups is 1. The Morgan fingerprint density at radius 1 is 1.06 bits per heavy atom. The molecule has 3 rings (SSSR count). The van der Waals surface area contributed by atoms with E-state index in [-0.39, 0.29) is 12.0 Å². The standard InChI is InChI=1S/C25H34N4O2/c1-4-28(5-2)24(30)21-13-11-20(12-14-21)19-27-25(26-3)29-17-15-23(16-18-29)31-22-9-7-6-8-10-22/h6-14,23H,4-5,15-19H2,1-3H3,(H,26,27). The van der Waals surface area contributed by atoms with E-state index in [0.29, 0.717) is 6.54 Å². The maximum absolute atomic E-state index is 12.5. The summed E-state index contributed by atoms with van der Waals surface area (Å²) in [5.74, 6) is 1.92. The van der Waals surface area contributed by atoms with Gasteiger partial charge in [-0.15, -0.1) is 0 Å². The average Bonchev–Trinajstić information content (AvgIpc) is 2.82. The number of hydrogen-bond donors (Lipinski definition) is 1. The highest BCUT2D eigenvalue weighted by atomic mass is 16.5. The zero-order chi connectivity index (χ0) is 22.1. The third-order valence-corrected chi connectivity index (χ3v) is 5.70. The molecule has 1 aliphatic heterocycles. The molecular weight excluding hydrogens is 388 g/mol. The van der Waals surface area contributed by atoms with Crippen molar-refractivity contribution in [3.63, 3.8) is 0 Å². The summed E-state index contributed by atoms with van der Waals surface area (Å²) >= 11 is 0. The van der Waals surface area contributed by atoms with Gasteiger partial charge in [-0.05, 0) is 43.7 Å². The summed E-state index contributed by atoms with van der Waals surface area (Å²) in [6.07, 6.45) is 2.18. The number of carbonyl (C=O) groups excluding carboxylic acids is 1. The van der Waals surface area contributed by atoms with E-state index in [4.69, 9.17) is 4.74 Å². The molecule has 0 bridgehead atoms. The van der Waals surface area contributed by atoms with Crippen molar-refractivity contribution in [1.29, 1.82) is 0 Å². The lowest BCUT2D eigenvalue weighted by atomic mass is 10.1. The minimum absolute atomic E-state index is 0.0842. The number of para-hydroxylation sites is 1. The number of amides is 1. The van der Waals surface area contributed by atoms with E-state index in [1.165, 1.54) is 0 Å². The van der Waals surface area contributed by atoms with Gasteiger partial charge in [0.25, 0.3) is 5.91 Å². The lowest BCUT2D eigenvalue weighted by molar-refractivity contribution is 0.0773. The number of nitrogens with zero attached hydrogens (tertiary/aromatic N) is 3. The average molecular weight is 423 g/mol. The molecule has 0 aromatic heterocycles. The van der Waals surface area contributed by atoms with Gasteiger partial charge in [0, 0.05) is 58.2 Å². The zero-order valence-electron chi connectivity index (χ0n) is 18.9. The predicted octanol–water partition coefficient (Wildman–Crippen LogP) is 3.79. The maximum Gasteiger partial charge on any atom is 0.253 e. The molecular formula is C25H34N4O2. The third-order valence-electron chi connectivity index (χ3n) is 5.70. The van der Waals surface area contributed by atoms with E-state index >= 15 is 0 Å². The van der Waals surface area contributed by atoms with Crippen molar-refractivity contribution in [1.82, 2.24) is 15.1 Å². The lowest BCUT2D eigenvalue weighted by Gasteiger charge is -2.34. The monoisotopic (exact) mass is 422 g/mol. The van der Waals surface area contributed by atoms with Crippen LogP contribution in [-0.2, 0) is 6.54 Å². The summed E-state index contributed by atoms with van der Waals surface area (Å²) in [7, 11) is 1.82.